The van der Waals surface area contributed by atoms with Crippen molar-refractivity contribution in [1.82, 2.24) is 0 Å². The second-order valence-corrected chi connectivity index (χ2v) is 5.84. The van der Waals surface area contributed by atoms with Gasteiger partial charge in [-0.3, -0.25) is 9.59 Å². The van der Waals surface area contributed by atoms with Crippen molar-refractivity contribution >= 4 is 34.1 Å². The normalized spacial score (nSPS) is 9.41. The van der Waals surface area contributed by atoms with Crippen LogP contribution < -0.4 is 0 Å². The Morgan fingerprint density at radius 3 is 2.00 bits per heavy atom. The summed E-state index contributed by atoms with van der Waals surface area (Å²) in [5.41, 5.74) is 1.72. The van der Waals surface area contributed by atoms with E-state index in [1.54, 1.807) is 19.1 Å². The Hall–Kier alpha value is -3.24. The summed E-state index contributed by atoms with van der Waals surface area (Å²) in [6, 6.07) is 15.7. The molecule has 0 aliphatic heterocycles. The minimum absolute atomic E-state index is 0.174. The summed E-state index contributed by atoms with van der Waals surface area (Å²) in [5.74, 6) is 0.291. The van der Waals surface area contributed by atoms with Crippen molar-refractivity contribution in [2.24, 2.45) is 0 Å². The van der Waals surface area contributed by atoms with Gasteiger partial charge in [0.15, 0.2) is 0 Å². The van der Waals surface area contributed by atoms with Crippen LogP contribution in [0.5, 0.6) is 5.75 Å². The monoisotopic (exact) mass is 364 g/mol. The molecule has 0 spiro atoms. The van der Waals surface area contributed by atoms with Crippen molar-refractivity contribution in [3.8, 4) is 5.75 Å². The summed E-state index contributed by atoms with van der Waals surface area (Å²) in [4.78, 5) is 18.5. The van der Waals surface area contributed by atoms with Gasteiger partial charge in [-0.25, -0.2) is 0 Å². The molecule has 0 aromatic heterocycles. The zero-order valence-corrected chi connectivity index (χ0v) is 15.4. The highest BCUT2D eigenvalue weighted by Gasteiger charge is 2.02. The number of phenolic OH excluding ortho intramolecular Hbond substituents is 1. The lowest BCUT2D eigenvalue weighted by Crippen LogP contribution is -1.90. The van der Waals surface area contributed by atoms with E-state index in [2.05, 4.69) is 31.4 Å². The Bertz CT molecular complexity index is 936. The Labute approximate surface area is 159 Å². The fourth-order valence-electron chi connectivity index (χ4n) is 2.39. The standard InChI is InChI=1S/C16H14O2.C4H6O.C3H4O/c17-8-7-11-1-5-15-12(9-11)2-3-13-10-14(18)4-6-16(13)15;1-4(2)3-5;1-2-3-4/h1-6,9-10,17-18H,7-8H2;3H,1H2,2H3;2-3H,1H2. The Kier molecular flexibility index (Phi) is 9.20. The van der Waals surface area contributed by atoms with E-state index < -0.39 is 0 Å². The van der Waals surface area contributed by atoms with Gasteiger partial charge in [-0.1, -0.05) is 49.6 Å². The van der Waals surface area contributed by atoms with Crippen LogP contribution in [0.3, 0.4) is 0 Å². The van der Waals surface area contributed by atoms with E-state index in [0.717, 1.165) is 22.6 Å². The molecular formula is C23H24O4. The summed E-state index contributed by atoms with van der Waals surface area (Å²) >= 11 is 0. The van der Waals surface area contributed by atoms with Crippen LogP contribution >= 0.6 is 0 Å². The maximum Gasteiger partial charge on any atom is 0.145 e. The van der Waals surface area contributed by atoms with Crippen molar-refractivity contribution in [2.45, 2.75) is 13.3 Å². The third kappa shape index (κ3) is 6.88. The van der Waals surface area contributed by atoms with Gasteiger partial charge in [-0.2, -0.15) is 0 Å². The van der Waals surface area contributed by atoms with Gasteiger partial charge in [0.05, 0.1) is 0 Å². The molecule has 140 valence electrons. The van der Waals surface area contributed by atoms with E-state index in [-0.39, 0.29) is 6.61 Å². The lowest BCUT2D eigenvalue weighted by Gasteiger charge is -2.06. The van der Waals surface area contributed by atoms with Crippen molar-refractivity contribution in [1.29, 1.82) is 0 Å². The molecule has 2 N–H and O–H groups in total. The molecule has 0 bridgehead atoms. The number of hydrogen-bond acceptors (Lipinski definition) is 4. The van der Waals surface area contributed by atoms with Gasteiger partial charge in [0.2, 0.25) is 0 Å². The Morgan fingerprint density at radius 1 is 1.00 bits per heavy atom. The van der Waals surface area contributed by atoms with Crippen LogP contribution in [0, 0.1) is 0 Å². The van der Waals surface area contributed by atoms with Crippen LogP contribution in [-0.4, -0.2) is 29.4 Å². The molecule has 0 unspecified atom stereocenters. The summed E-state index contributed by atoms with van der Waals surface area (Å²) in [6.07, 6.45) is 3.24. The molecule has 3 aromatic rings. The van der Waals surface area contributed by atoms with Gasteiger partial charge < -0.3 is 10.2 Å². The molecule has 0 saturated heterocycles. The van der Waals surface area contributed by atoms with Gasteiger partial charge in [-0.05, 0) is 64.2 Å². The molecule has 0 aliphatic rings. The topological polar surface area (TPSA) is 74.6 Å². The minimum atomic E-state index is 0.174. The lowest BCUT2D eigenvalue weighted by atomic mass is 9.99. The van der Waals surface area contributed by atoms with Gasteiger partial charge in [0.25, 0.3) is 0 Å². The number of aliphatic hydroxyl groups excluding tert-OH is 1. The van der Waals surface area contributed by atoms with Crippen LogP contribution in [0.15, 0.2) is 73.3 Å². The summed E-state index contributed by atoms with van der Waals surface area (Å²) in [7, 11) is 0. The molecule has 0 atom stereocenters. The van der Waals surface area contributed by atoms with E-state index >= 15 is 0 Å². The van der Waals surface area contributed by atoms with Crippen LogP contribution in [0.2, 0.25) is 0 Å². The van der Waals surface area contributed by atoms with Gasteiger partial charge in [0.1, 0.15) is 18.3 Å². The first kappa shape index (κ1) is 21.8. The number of allylic oxidation sites excluding steroid dienone is 2. The largest absolute Gasteiger partial charge is 0.508 e. The SMILES string of the molecule is C=C(C)C=O.C=CC=O.OCCc1ccc2c(ccc3cc(O)ccc32)c1. The number of benzene rings is 3. The second kappa shape index (κ2) is 11.4. The fourth-order valence-corrected chi connectivity index (χ4v) is 2.39. The summed E-state index contributed by atoms with van der Waals surface area (Å²) in [5, 5.41) is 23.0. The molecule has 0 fully saturated rings. The third-order valence-corrected chi connectivity index (χ3v) is 3.58. The van der Waals surface area contributed by atoms with E-state index in [1.165, 1.54) is 16.8 Å². The molecule has 0 heterocycles. The predicted octanol–water partition coefficient (Wildman–Crippen LogP) is 4.37. The first-order chi connectivity index (χ1) is 13.0. The molecule has 0 radical (unpaired) electrons. The number of carbonyl (C=O) groups excluding carboxylic acids is 2. The van der Waals surface area contributed by atoms with E-state index in [9.17, 15) is 9.90 Å². The van der Waals surface area contributed by atoms with Crippen LogP contribution in [-0.2, 0) is 16.0 Å². The molecule has 27 heavy (non-hydrogen) atoms. The number of rotatable bonds is 4. The van der Waals surface area contributed by atoms with E-state index in [4.69, 9.17) is 9.90 Å². The minimum Gasteiger partial charge on any atom is -0.508 e. The quantitative estimate of drug-likeness (QED) is 0.410. The maximum atomic E-state index is 9.49. The Balaban J connectivity index is 0.000000342. The fraction of sp³-hybridized carbons (Fsp3) is 0.130. The number of aliphatic hydroxyl groups is 1. The van der Waals surface area contributed by atoms with Crippen molar-refractivity contribution in [3.05, 3.63) is 78.9 Å². The molecular weight excluding hydrogens is 340 g/mol. The third-order valence-electron chi connectivity index (χ3n) is 3.58. The molecule has 0 amide bonds. The second-order valence-electron chi connectivity index (χ2n) is 5.84. The number of aromatic hydroxyl groups is 1. The number of phenols is 1. The predicted molar refractivity (Wildman–Crippen MR) is 111 cm³/mol. The van der Waals surface area contributed by atoms with Crippen molar-refractivity contribution in [2.75, 3.05) is 6.61 Å². The highest BCUT2D eigenvalue weighted by molar-refractivity contribution is 6.07. The lowest BCUT2D eigenvalue weighted by molar-refractivity contribution is -0.105. The van der Waals surface area contributed by atoms with Gasteiger partial charge in [-0.15, -0.1) is 0 Å². The summed E-state index contributed by atoms with van der Waals surface area (Å²) < 4.78 is 0. The molecule has 0 saturated carbocycles. The average Bonchev–Trinajstić information content (AvgIpc) is 2.68. The highest BCUT2D eigenvalue weighted by Crippen LogP contribution is 2.28. The molecule has 4 heteroatoms. The highest BCUT2D eigenvalue weighted by atomic mass is 16.3. The molecule has 3 aromatic carbocycles. The molecule has 3 rings (SSSR count). The zero-order valence-electron chi connectivity index (χ0n) is 15.4. The smallest absolute Gasteiger partial charge is 0.145 e. The maximum absolute atomic E-state index is 9.49. The van der Waals surface area contributed by atoms with E-state index in [0.29, 0.717) is 24.0 Å². The van der Waals surface area contributed by atoms with Crippen LogP contribution in [0.25, 0.3) is 21.5 Å². The number of aldehydes is 2. The van der Waals surface area contributed by atoms with Crippen molar-refractivity contribution < 1.29 is 19.8 Å². The Morgan fingerprint density at radius 2 is 1.52 bits per heavy atom. The van der Waals surface area contributed by atoms with Gasteiger partial charge in [0, 0.05) is 6.61 Å². The molecule has 4 nitrogen and oxygen atoms in total. The van der Waals surface area contributed by atoms with Crippen LogP contribution in [0.4, 0.5) is 0 Å². The molecule has 0 aliphatic carbocycles. The zero-order chi connectivity index (χ0) is 20.2. The first-order valence-electron chi connectivity index (χ1n) is 8.39. The first-order valence-corrected chi connectivity index (χ1v) is 8.39. The van der Waals surface area contributed by atoms with E-state index in [1.807, 2.05) is 18.2 Å². The number of hydrogen-bond donors (Lipinski definition) is 2. The number of fused-ring (bicyclic) bond motifs is 3. The average molecular weight is 364 g/mol. The summed E-state index contributed by atoms with van der Waals surface area (Å²) in [6.45, 7) is 8.25. The van der Waals surface area contributed by atoms with Gasteiger partial charge >= 0.3 is 0 Å². The van der Waals surface area contributed by atoms with Crippen molar-refractivity contribution in [3.63, 3.8) is 0 Å². The number of carbonyl (C=O) groups is 2. The van der Waals surface area contributed by atoms with Crippen LogP contribution in [0.1, 0.15) is 12.5 Å².